The van der Waals surface area contributed by atoms with Gasteiger partial charge in [0.15, 0.2) is 0 Å². The zero-order valence-electron chi connectivity index (χ0n) is 9.41. The third kappa shape index (κ3) is 3.36. The van der Waals surface area contributed by atoms with Crippen molar-refractivity contribution < 1.29 is 9.53 Å². The molecule has 0 atom stereocenters. The van der Waals surface area contributed by atoms with E-state index in [2.05, 4.69) is 10.4 Å². The van der Waals surface area contributed by atoms with Crippen molar-refractivity contribution >= 4 is 5.91 Å². The number of hydrogen-bond acceptors (Lipinski definition) is 3. The highest BCUT2D eigenvalue weighted by Gasteiger charge is 2.07. The van der Waals surface area contributed by atoms with Gasteiger partial charge in [-0.15, -0.1) is 0 Å². The molecule has 0 saturated carbocycles. The largest absolute Gasteiger partial charge is 0.375 e. The lowest BCUT2D eigenvalue weighted by Crippen LogP contribution is -2.26. The topological polar surface area (TPSA) is 56.2 Å². The van der Waals surface area contributed by atoms with E-state index in [-0.39, 0.29) is 12.5 Å². The molecule has 84 valence electrons. The molecule has 15 heavy (non-hydrogen) atoms. The summed E-state index contributed by atoms with van der Waals surface area (Å²) in [7, 11) is 3.38. The first-order chi connectivity index (χ1) is 7.17. The van der Waals surface area contributed by atoms with Crippen molar-refractivity contribution in [3.05, 3.63) is 17.5 Å². The van der Waals surface area contributed by atoms with Crippen LogP contribution in [0.4, 0.5) is 0 Å². The van der Waals surface area contributed by atoms with Crippen LogP contribution in [0, 0.1) is 0 Å². The van der Waals surface area contributed by atoms with Crippen molar-refractivity contribution in [2.24, 2.45) is 7.05 Å². The van der Waals surface area contributed by atoms with E-state index in [0.29, 0.717) is 6.54 Å². The predicted octanol–water partition coefficient (Wildman–Crippen LogP) is 0.245. The van der Waals surface area contributed by atoms with Gasteiger partial charge in [-0.25, -0.2) is 0 Å². The summed E-state index contributed by atoms with van der Waals surface area (Å²) in [6.45, 7) is 2.66. The Bertz CT molecular complexity index is 333. The van der Waals surface area contributed by atoms with Crippen LogP contribution < -0.4 is 5.32 Å². The number of nitrogens with zero attached hydrogens (tertiary/aromatic N) is 2. The zero-order valence-corrected chi connectivity index (χ0v) is 9.41. The Balaban J connectivity index is 2.52. The average molecular weight is 211 g/mol. The molecule has 0 fully saturated rings. The lowest BCUT2D eigenvalue weighted by molar-refractivity contribution is -0.124. The highest BCUT2D eigenvalue weighted by Crippen LogP contribution is 2.06. The molecule has 5 nitrogen and oxygen atoms in total. The van der Waals surface area contributed by atoms with Gasteiger partial charge in [0.1, 0.15) is 6.61 Å². The second kappa shape index (κ2) is 5.50. The number of rotatable bonds is 5. The lowest BCUT2D eigenvalue weighted by atomic mass is 10.2. The number of carbonyl (C=O) groups excluding carboxylic acids is 1. The Morgan fingerprint density at radius 2 is 2.40 bits per heavy atom. The lowest BCUT2D eigenvalue weighted by Gasteiger charge is -2.03. The average Bonchev–Trinajstić information content (AvgIpc) is 2.56. The summed E-state index contributed by atoms with van der Waals surface area (Å²) < 4.78 is 6.48. The number of hydrogen-bond donors (Lipinski definition) is 1. The van der Waals surface area contributed by atoms with Crippen LogP contribution in [0.15, 0.2) is 6.20 Å². The molecule has 0 radical (unpaired) electrons. The number of aryl methyl sites for hydroxylation is 2. The minimum absolute atomic E-state index is 0.0989. The SMILES string of the molecule is CCc1nn(C)cc1CNC(=O)COC. The van der Waals surface area contributed by atoms with Gasteiger partial charge >= 0.3 is 0 Å². The summed E-state index contributed by atoms with van der Waals surface area (Å²) in [5.41, 5.74) is 2.08. The Kier molecular flexibility index (Phi) is 4.30. The van der Waals surface area contributed by atoms with E-state index in [0.717, 1.165) is 17.7 Å². The Hall–Kier alpha value is -1.36. The summed E-state index contributed by atoms with van der Waals surface area (Å²) >= 11 is 0. The number of methoxy groups -OCH3 is 1. The molecular weight excluding hydrogens is 194 g/mol. The molecule has 0 aromatic carbocycles. The van der Waals surface area contributed by atoms with E-state index in [1.54, 1.807) is 4.68 Å². The quantitative estimate of drug-likeness (QED) is 0.759. The third-order valence-corrected chi connectivity index (χ3v) is 2.08. The Labute approximate surface area is 89.4 Å². The standard InChI is InChI=1S/C10H17N3O2/c1-4-9-8(6-13(2)12-9)5-11-10(14)7-15-3/h6H,4-5,7H2,1-3H3,(H,11,14). The smallest absolute Gasteiger partial charge is 0.246 e. The minimum atomic E-state index is -0.108. The maximum atomic E-state index is 11.2. The normalized spacial score (nSPS) is 10.3. The van der Waals surface area contributed by atoms with Crippen molar-refractivity contribution in [2.75, 3.05) is 13.7 Å². The van der Waals surface area contributed by atoms with Crippen LogP contribution >= 0.6 is 0 Å². The molecule has 0 aliphatic rings. The van der Waals surface area contributed by atoms with Gasteiger partial charge < -0.3 is 10.1 Å². The fraction of sp³-hybridized carbons (Fsp3) is 0.600. The van der Waals surface area contributed by atoms with Crippen molar-refractivity contribution in [2.45, 2.75) is 19.9 Å². The number of aromatic nitrogens is 2. The minimum Gasteiger partial charge on any atom is -0.375 e. The zero-order chi connectivity index (χ0) is 11.3. The monoisotopic (exact) mass is 211 g/mol. The number of amides is 1. The van der Waals surface area contributed by atoms with E-state index < -0.39 is 0 Å². The van der Waals surface area contributed by atoms with Crippen LogP contribution in [0.5, 0.6) is 0 Å². The van der Waals surface area contributed by atoms with Crippen molar-refractivity contribution in [3.8, 4) is 0 Å². The van der Waals surface area contributed by atoms with E-state index in [4.69, 9.17) is 4.74 Å². The summed E-state index contributed by atoms with van der Waals surface area (Å²) in [5, 5.41) is 7.06. The van der Waals surface area contributed by atoms with Crippen molar-refractivity contribution in [1.29, 1.82) is 0 Å². The van der Waals surface area contributed by atoms with Gasteiger partial charge in [-0.05, 0) is 6.42 Å². The maximum absolute atomic E-state index is 11.2. The first kappa shape index (κ1) is 11.7. The molecule has 1 heterocycles. The molecule has 1 amide bonds. The number of ether oxygens (including phenoxy) is 1. The number of carbonyl (C=O) groups is 1. The van der Waals surface area contributed by atoms with Crippen LogP contribution in [0.1, 0.15) is 18.2 Å². The Morgan fingerprint density at radius 3 is 3.00 bits per heavy atom. The molecule has 1 rings (SSSR count). The second-order valence-corrected chi connectivity index (χ2v) is 3.34. The molecule has 1 aromatic rings. The van der Waals surface area contributed by atoms with E-state index in [9.17, 15) is 4.79 Å². The van der Waals surface area contributed by atoms with Gasteiger partial charge in [0, 0.05) is 32.5 Å². The predicted molar refractivity (Wildman–Crippen MR) is 56.3 cm³/mol. The summed E-state index contributed by atoms with van der Waals surface area (Å²) in [6, 6.07) is 0. The fourth-order valence-corrected chi connectivity index (χ4v) is 1.40. The molecule has 5 heteroatoms. The molecule has 0 bridgehead atoms. The second-order valence-electron chi connectivity index (χ2n) is 3.34. The Morgan fingerprint density at radius 1 is 1.67 bits per heavy atom. The summed E-state index contributed by atoms with van der Waals surface area (Å²) in [5.74, 6) is -0.108. The van der Waals surface area contributed by atoms with Gasteiger partial charge in [-0.2, -0.15) is 5.10 Å². The van der Waals surface area contributed by atoms with Gasteiger partial charge in [-0.3, -0.25) is 9.48 Å². The van der Waals surface area contributed by atoms with Crippen molar-refractivity contribution in [3.63, 3.8) is 0 Å². The van der Waals surface area contributed by atoms with Gasteiger partial charge in [0.2, 0.25) is 5.91 Å². The fourth-order valence-electron chi connectivity index (χ4n) is 1.40. The molecule has 1 N–H and O–H groups in total. The van der Waals surface area contributed by atoms with Crippen LogP contribution in [0.3, 0.4) is 0 Å². The maximum Gasteiger partial charge on any atom is 0.246 e. The molecular formula is C10H17N3O2. The van der Waals surface area contributed by atoms with Crippen LogP contribution in [0.2, 0.25) is 0 Å². The molecule has 1 aromatic heterocycles. The van der Waals surface area contributed by atoms with Crippen LogP contribution in [-0.4, -0.2) is 29.4 Å². The summed E-state index contributed by atoms with van der Waals surface area (Å²) in [4.78, 5) is 11.2. The van der Waals surface area contributed by atoms with Gasteiger partial charge in [0.25, 0.3) is 0 Å². The highest BCUT2D eigenvalue weighted by molar-refractivity contribution is 5.77. The van der Waals surface area contributed by atoms with Gasteiger partial charge in [0.05, 0.1) is 5.69 Å². The van der Waals surface area contributed by atoms with E-state index in [1.165, 1.54) is 7.11 Å². The van der Waals surface area contributed by atoms with Crippen LogP contribution in [0.25, 0.3) is 0 Å². The van der Waals surface area contributed by atoms with Crippen molar-refractivity contribution in [1.82, 2.24) is 15.1 Å². The first-order valence-corrected chi connectivity index (χ1v) is 4.94. The van der Waals surface area contributed by atoms with E-state index in [1.807, 2.05) is 20.2 Å². The van der Waals surface area contributed by atoms with Crippen LogP contribution in [-0.2, 0) is 29.5 Å². The summed E-state index contributed by atoms with van der Waals surface area (Å²) in [6.07, 6.45) is 2.79. The molecule has 0 spiro atoms. The molecule has 0 saturated heterocycles. The number of nitrogens with one attached hydrogen (secondary N) is 1. The molecule has 0 unspecified atom stereocenters. The van der Waals surface area contributed by atoms with Gasteiger partial charge in [-0.1, -0.05) is 6.92 Å². The molecule has 0 aliphatic heterocycles. The van der Waals surface area contributed by atoms with E-state index >= 15 is 0 Å². The highest BCUT2D eigenvalue weighted by atomic mass is 16.5. The third-order valence-electron chi connectivity index (χ3n) is 2.08. The first-order valence-electron chi connectivity index (χ1n) is 4.94. The molecule has 0 aliphatic carbocycles.